The highest BCUT2D eigenvalue weighted by molar-refractivity contribution is 5.96. The summed E-state index contributed by atoms with van der Waals surface area (Å²) in [6.45, 7) is 0. The van der Waals surface area contributed by atoms with Crippen molar-refractivity contribution >= 4 is 17.5 Å². The van der Waals surface area contributed by atoms with Crippen LogP contribution < -0.4 is 15.8 Å². The van der Waals surface area contributed by atoms with Crippen LogP contribution in [0.5, 0.6) is 0 Å². The van der Waals surface area contributed by atoms with Crippen molar-refractivity contribution in [2.75, 3.05) is 19.0 Å². The van der Waals surface area contributed by atoms with Gasteiger partial charge >= 0.3 is 0 Å². The first-order chi connectivity index (χ1) is 11.0. The Morgan fingerprint density at radius 2 is 2.00 bits per heavy atom. The highest BCUT2D eigenvalue weighted by Crippen LogP contribution is 2.49. The van der Waals surface area contributed by atoms with Crippen molar-refractivity contribution in [3.8, 4) is 0 Å². The number of fused-ring (bicyclic) bond motifs is 2. The third kappa shape index (κ3) is 3.66. The minimum absolute atomic E-state index is 0.0836. The Morgan fingerprint density at radius 1 is 1.17 bits per heavy atom. The number of rotatable bonds is 4. The van der Waals surface area contributed by atoms with Crippen molar-refractivity contribution in [1.29, 1.82) is 0 Å². The van der Waals surface area contributed by atoms with Crippen LogP contribution in [0, 0.1) is 17.8 Å². The van der Waals surface area contributed by atoms with Crippen molar-refractivity contribution in [3.05, 3.63) is 29.8 Å². The van der Waals surface area contributed by atoms with Gasteiger partial charge < -0.3 is 4.90 Å². The fourth-order valence-corrected chi connectivity index (χ4v) is 4.04. The van der Waals surface area contributed by atoms with Gasteiger partial charge in [-0.2, -0.15) is 0 Å². The molecule has 0 heterocycles. The van der Waals surface area contributed by atoms with Gasteiger partial charge in [0.05, 0.1) is 0 Å². The Hall–Kier alpha value is -2.04. The van der Waals surface area contributed by atoms with Gasteiger partial charge in [0.25, 0.3) is 5.91 Å². The van der Waals surface area contributed by atoms with Gasteiger partial charge in [0.2, 0.25) is 5.91 Å². The molecule has 2 N–H and O–H groups in total. The van der Waals surface area contributed by atoms with E-state index in [1.54, 1.807) is 12.1 Å². The number of carbonyl (C=O) groups is 2. The van der Waals surface area contributed by atoms with Crippen molar-refractivity contribution in [3.63, 3.8) is 0 Å². The van der Waals surface area contributed by atoms with Crippen molar-refractivity contribution in [1.82, 2.24) is 10.9 Å². The Kier molecular flexibility index (Phi) is 4.55. The van der Waals surface area contributed by atoms with Gasteiger partial charge in [0.15, 0.2) is 0 Å². The standard InChI is InChI=1S/C18H25N3O2/c1-21(2)16-5-3-4-14(10-16)18(23)20-19-17(22)11-15-9-12-6-7-13(15)8-12/h3-5,10,12-13,15H,6-9,11H2,1-2H3,(H,19,22)(H,20,23). The Labute approximate surface area is 137 Å². The zero-order chi connectivity index (χ0) is 16.4. The molecule has 2 aliphatic carbocycles. The lowest BCUT2D eigenvalue weighted by Crippen LogP contribution is -2.42. The number of amides is 2. The summed E-state index contributed by atoms with van der Waals surface area (Å²) in [5.74, 6) is 1.69. The molecule has 2 amide bonds. The fraction of sp³-hybridized carbons (Fsp3) is 0.556. The number of benzene rings is 1. The van der Waals surface area contributed by atoms with E-state index >= 15 is 0 Å². The van der Waals surface area contributed by atoms with Crippen LogP contribution in [0.1, 0.15) is 42.5 Å². The summed E-state index contributed by atoms with van der Waals surface area (Å²) in [7, 11) is 3.85. The van der Waals surface area contributed by atoms with Crippen molar-refractivity contribution in [2.45, 2.75) is 32.1 Å². The van der Waals surface area contributed by atoms with Crippen molar-refractivity contribution in [2.24, 2.45) is 17.8 Å². The summed E-state index contributed by atoms with van der Waals surface area (Å²) in [4.78, 5) is 26.1. The lowest BCUT2D eigenvalue weighted by atomic mass is 9.86. The number of nitrogens with zero attached hydrogens (tertiary/aromatic N) is 1. The summed E-state index contributed by atoms with van der Waals surface area (Å²) in [6, 6.07) is 7.31. The van der Waals surface area contributed by atoms with Crippen LogP contribution in [0.4, 0.5) is 5.69 Å². The molecule has 2 saturated carbocycles. The van der Waals surface area contributed by atoms with E-state index in [2.05, 4.69) is 10.9 Å². The van der Waals surface area contributed by atoms with Crippen LogP contribution in [0.15, 0.2) is 24.3 Å². The number of nitrogens with one attached hydrogen (secondary N) is 2. The molecule has 3 unspecified atom stereocenters. The van der Waals surface area contributed by atoms with Crippen LogP contribution in [-0.4, -0.2) is 25.9 Å². The maximum Gasteiger partial charge on any atom is 0.269 e. The molecule has 2 aliphatic rings. The highest BCUT2D eigenvalue weighted by Gasteiger charge is 2.40. The van der Waals surface area contributed by atoms with Crippen LogP contribution in [0.2, 0.25) is 0 Å². The molecule has 23 heavy (non-hydrogen) atoms. The van der Waals surface area contributed by atoms with E-state index in [0.717, 1.165) is 17.5 Å². The van der Waals surface area contributed by atoms with Crippen molar-refractivity contribution < 1.29 is 9.59 Å². The van der Waals surface area contributed by atoms with Crippen LogP contribution in [-0.2, 0) is 4.79 Å². The van der Waals surface area contributed by atoms with E-state index in [1.165, 1.54) is 25.7 Å². The molecule has 0 aliphatic heterocycles. The molecule has 3 rings (SSSR count). The molecule has 2 fully saturated rings. The van der Waals surface area contributed by atoms with E-state index in [1.807, 2.05) is 31.1 Å². The average Bonchev–Trinajstić information content (AvgIpc) is 3.15. The smallest absolute Gasteiger partial charge is 0.269 e. The third-order valence-electron chi connectivity index (χ3n) is 5.27. The first-order valence-electron chi connectivity index (χ1n) is 8.39. The molecule has 2 bridgehead atoms. The highest BCUT2D eigenvalue weighted by atomic mass is 16.2. The molecular formula is C18H25N3O2. The third-order valence-corrected chi connectivity index (χ3v) is 5.27. The summed E-state index contributed by atoms with van der Waals surface area (Å²) in [6.07, 6.45) is 5.60. The van der Waals surface area contributed by atoms with E-state index in [0.29, 0.717) is 17.9 Å². The molecule has 124 valence electrons. The van der Waals surface area contributed by atoms with E-state index in [9.17, 15) is 9.59 Å². The van der Waals surface area contributed by atoms with Gasteiger partial charge in [0.1, 0.15) is 0 Å². The molecule has 1 aromatic rings. The number of hydrogen-bond donors (Lipinski definition) is 2. The predicted octanol–water partition coefficient (Wildman–Crippen LogP) is 2.34. The van der Waals surface area contributed by atoms with Crippen LogP contribution in [0.25, 0.3) is 0 Å². The summed E-state index contributed by atoms with van der Waals surface area (Å²) in [5, 5.41) is 0. The topological polar surface area (TPSA) is 61.4 Å². The first-order valence-corrected chi connectivity index (χ1v) is 8.39. The molecule has 0 radical (unpaired) electrons. The lowest BCUT2D eigenvalue weighted by Gasteiger charge is -2.21. The number of carbonyl (C=O) groups excluding carboxylic acids is 2. The summed E-state index contributed by atoms with van der Waals surface area (Å²) >= 11 is 0. The van der Waals surface area contributed by atoms with Gasteiger partial charge in [-0.1, -0.05) is 12.5 Å². The molecule has 3 atom stereocenters. The van der Waals surface area contributed by atoms with E-state index in [-0.39, 0.29) is 11.8 Å². The monoisotopic (exact) mass is 315 g/mol. The minimum atomic E-state index is -0.282. The average molecular weight is 315 g/mol. The molecule has 1 aromatic carbocycles. The van der Waals surface area contributed by atoms with Gasteiger partial charge in [0, 0.05) is 31.8 Å². The van der Waals surface area contributed by atoms with E-state index < -0.39 is 0 Å². The van der Waals surface area contributed by atoms with E-state index in [4.69, 9.17) is 0 Å². The number of anilines is 1. The maximum absolute atomic E-state index is 12.1. The van der Waals surface area contributed by atoms with Gasteiger partial charge in [-0.3, -0.25) is 20.4 Å². The minimum Gasteiger partial charge on any atom is -0.378 e. The molecule has 0 saturated heterocycles. The Morgan fingerprint density at radius 3 is 2.65 bits per heavy atom. The summed E-state index contributed by atoms with van der Waals surface area (Å²) < 4.78 is 0. The lowest BCUT2D eigenvalue weighted by molar-refractivity contribution is -0.123. The van der Waals surface area contributed by atoms with Gasteiger partial charge in [-0.05, 0) is 55.2 Å². The normalized spacial score (nSPS) is 25.2. The zero-order valence-corrected chi connectivity index (χ0v) is 13.8. The number of hydrazine groups is 1. The molecule has 5 nitrogen and oxygen atoms in total. The largest absolute Gasteiger partial charge is 0.378 e. The second-order valence-corrected chi connectivity index (χ2v) is 7.09. The van der Waals surface area contributed by atoms with Crippen LogP contribution in [0.3, 0.4) is 0 Å². The molecule has 0 aromatic heterocycles. The quantitative estimate of drug-likeness (QED) is 0.838. The number of hydrogen-bond acceptors (Lipinski definition) is 3. The maximum atomic E-state index is 12.1. The van der Waals surface area contributed by atoms with Gasteiger partial charge in [-0.15, -0.1) is 0 Å². The SMILES string of the molecule is CN(C)c1cccc(C(=O)NNC(=O)CC2CC3CCC2C3)c1. The molecular weight excluding hydrogens is 290 g/mol. The Balaban J connectivity index is 1.48. The van der Waals surface area contributed by atoms with Crippen LogP contribution >= 0.6 is 0 Å². The zero-order valence-electron chi connectivity index (χ0n) is 13.8. The molecule has 5 heteroatoms. The second kappa shape index (κ2) is 6.60. The fourth-order valence-electron chi connectivity index (χ4n) is 4.04. The molecule has 0 spiro atoms. The second-order valence-electron chi connectivity index (χ2n) is 7.09. The summed E-state index contributed by atoms with van der Waals surface area (Å²) in [5.41, 5.74) is 6.58. The predicted molar refractivity (Wildman–Crippen MR) is 89.9 cm³/mol. The Bertz CT molecular complexity index is 600. The first kappa shape index (κ1) is 15.8. The van der Waals surface area contributed by atoms with Gasteiger partial charge in [-0.25, -0.2) is 0 Å².